The van der Waals surface area contributed by atoms with E-state index in [0.29, 0.717) is 11.4 Å². The average Bonchev–Trinajstić information content (AvgIpc) is 3.01. The summed E-state index contributed by atoms with van der Waals surface area (Å²) in [4.78, 5) is 12.2. The molecule has 0 saturated heterocycles. The first-order valence-electron chi connectivity index (χ1n) is 7.92. The van der Waals surface area contributed by atoms with E-state index < -0.39 is 17.6 Å². The van der Waals surface area contributed by atoms with Crippen molar-refractivity contribution in [1.29, 1.82) is 0 Å². The molecule has 4 rings (SSSR count). The first-order valence-corrected chi connectivity index (χ1v) is 7.92. The molecule has 3 aromatic rings. The SMILES string of the molecule is Cc1ccc(-n2ncc3c2NC(=O)CC3c2cc(F)ccc2F)cc1. The summed E-state index contributed by atoms with van der Waals surface area (Å²) in [6, 6.07) is 11.0. The van der Waals surface area contributed by atoms with Crippen molar-refractivity contribution in [3.8, 4) is 5.69 Å². The lowest BCUT2D eigenvalue weighted by Crippen LogP contribution is -2.25. The Hall–Kier alpha value is -3.02. The fraction of sp³-hybridized carbons (Fsp3) is 0.158. The number of carbonyl (C=O) groups is 1. The molecule has 1 aliphatic rings. The van der Waals surface area contributed by atoms with Crippen molar-refractivity contribution in [2.24, 2.45) is 0 Å². The minimum Gasteiger partial charge on any atom is -0.310 e. The third-order valence-electron chi connectivity index (χ3n) is 4.43. The molecular formula is C19H15F2N3O. The van der Waals surface area contributed by atoms with Crippen LogP contribution in [-0.4, -0.2) is 15.7 Å². The predicted molar refractivity (Wildman–Crippen MR) is 89.7 cm³/mol. The number of hydrogen-bond acceptors (Lipinski definition) is 2. The van der Waals surface area contributed by atoms with Gasteiger partial charge in [0, 0.05) is 17.9 Å². The average molecular weight is 339 g/mol. The molecule has 0 spiro atoms. The van der Waals surface area contributed by atoms with Gasteiger partial charge in [0.05, 0.1) is 11.9 Å². The molecule has 0 saturated carbocycles. The Morgan fingerprint density at radius 2 is 1.88 bits per heavy atom. The van der Waals surface area contributed by atoms with Gasteiger partial charge in [0.1, 0.15) is 17.5 Å². The Bertz CT molecular complexity index is 963. The zero-order valence-corrected chi connectivity index (χ0v) is 13.5. The molecule has 1 atom stereocenters. The number of nitrogens with zero attached hydrogens (tertiary/aromatic N) is 2. The van der Waals surface area contributed by atoms with Crippen molar-refractivity contribution < 1.29 is 13.6 Å². The van der Waals surface area contributed by atoms with Crippen LogP contribution in [0.2, 0.25) is 0 Å². The number of benzene rings is 2. The molecule has 0 radical (unpaired) electrons. The Labute approximate surface area is 143 Å². The predicted octanol–water partition coefficient (Wildman–Crippen LogP) is 3.93. The molecule has 0 fully saturated rings. The number of fused-ring (bicyclic) bond motifs is 1. The molecule has 1 aromatic heterocycles. The summed E-state index contributed by atoms with van der Waals surface area (Å²) in [6.45, 7) is 1.98. The van der Waals surface area contributed by atoms with Crippen LogP contribution in [0.4, 0.5) is 14.6 Å². The van der Waals surface area contributed by atoms with E-state index in [9.17, 15) is 13.6 Å². The van der Waals surface area contributed by atoms with Crippen LogP contribution in [0.3, 0.4) is 0 Å². The van der Waals surface area contributed by atoms with Crippen LogP contribution in [0.5, 0.6) is 0 Å². The summed E-state index contributed by atoms with van der Waals surface area (Å²) in [5.41, 5.74) is 2.73. The lowest BCUT2D eigenvalue weighted by atomic mass is 9.87. The quantitative estimate of drug-likeness (QED) is 0.769. The Morgan fingerprint density at radius 1 is 1.12 bits per heavy atom. The maximum atomic E-state index is 14.2. The van der Waals surface area contributed by atoms with Gasteiger partial charge < -0.3 is 5.32 Å². The molecule has 2 heterocycles. The zero-order chi connectivity index (χ0) is 17.6. The molecule has 4 nitrogen and oxygen atoms in total. The van der Waals surface area contributed by atoms with E-state index in [1.165, 1.54) is 0 Å². The third kappa shape index (κ3) is 2.69. The highest BCUT2D eigenvalue weighted by Gasteiger charge is 2.32. The Kier molecular flexibility index (Phi) is 3.60. The van der Waals surface area contributed by atoms with Gasteiger partial charge in [-0.15, -0.1) is 0 Å². The summed E-state index contributed by atoms with van der Waals surface area (Å²) in [7, 11) is 0. The minimum atomic E-state index is -0.571. The monoisotopic (exact) mass is 339 g/mol. The molecule has 0 aliphatic carbocycles. The molecule has 6 heteroatoms. The standard InChI is InChI=1S/C19H15F2N3O/c1-11-2-5-13(6-3-11)24-19-16(10-22-24)14(9-18(25)23-19)15-8-12(20)4-7-17(15)21/h2-8,10,14H,9H2,1H3,(H,23,25). The number of hydrogen-bond donors (Lipinski definition) is 1. The third-order valence-corrected chi connectivity index (χ3v) is 4.43. The smallest absolute Gasteiger partial charge is 0.226 e. The lowest BCUT2D eigenvalue weighted by Gasteiger charge is -2.24. The zero-order valence-electron chi connectivity index (χ0n) is 13.5. The van der Waals surface area contributed by atoms with Crippen molar-refractivity contribution in [2.75, 3.05) is 5.32 Å². The van der Waals surface area contributed by atoms with Crippen molar-refractivity contribution in [2.45, 2.75) is 19.3 Å². The van der Waals surface area contributed by atoms with E-state index in [1.807, 2.05) is 31.2 Å². The highest BCUT2D eigenvalue weighted by atomic mass is 19.1. The molecular weight excluding hydrogens is 324 g/mol. The van der Waals surface area contributed by atoms with Gasteiger partial charge in [0.25, 0.3) is 0 Å². The van der Waals surface area contributed by atoms with Crippen LogP contribution in [0, 0.1) is 18.6 Å². The summed E-state index contributed by atoms with van der Waals surface area (Å²) in [6.07, 6.45) is 1.65. The van der Waals surface area contributed by atoms with Gasteiger partial charge in [-0.3, -0.25) is 4.79 Å². The first-order chi connectivity index (χ1) is 12.0. The van der Waals surface area contributed by atoms with Gasteiger partial charge in [-0.2, -0.15) is 5.10 Å². The van der Waals surface area contributed by atoms with E-state index in [2.05, 4.69) is 10.4 Å². The van der Waals surface area contributed by atoms with Gasteiger partial charge in [-0.05, 0) is 42.8 Å². The highest BCUT2D eigenvalue weighted by molar-refractivity contribution is 5.94. The molecule has 2 aromatic carbocycles. The molecule has 1 unspecified atom stereocenters. The van der Waals surface area contributed by atoms with E-state index in [4.69, 9.17) is 0 Å². The largest absolute Gasteiger partial charge is 0.310 e. The van der Waals surface area contributed by atoms with Crippen LogP contribution in [0.25, 0.3) is 5.69 Å². The van der Waals surface area contributed by atoms with Crippen molar-refractivity contribution in [3.63, 3.8) is 0 Å². The molecule has 1 aliphatic heterocycles. The van der Waals surface area contributed by atoms with Crippen LogP contribution >= 0.6 is 0 Å². The van der Waals surface area contributed by atoms with Crippen molar-refractivity contribution in [1.82, 2.24) is 9.78 Å². The maximum Gasteiger partial charge on any atom is 0.226 e. The second kappa shape index (κ2) is 5.81. The van der Waals surface area contributed by atoms with Crippen LogP contribution in [0.1, 0.15) is 29.0 Å². The minimum absolute atomic E-state index is 0.0486. The maximum absolute atomic E-state index is 14.2. The number of aryl methyl sites for hydroxylation is 1. The molecule has 126 valence electrons. The van der Waals surface area contributed by atoms with Crippen LogP contribution in [-0.2, 0) is 4.79 Å². The summed E-state index contributed by atoms with van der Waals surface area (Å²) in [5.74, 6) is -1.40. The highest BCUT2D eigenvalue weighted by Crippen LogP contribution is 2.39. The molecule has 1 N–H and O–H groups in total. The van der Waals surface area contributed by atoms with Gasteiger partial charge in [-0.1, -0.05) is 17.7 Å². The number of nitrogens with one attached hydrogen (secondary N) is 1. The summed E-state index contributed by atoms with van der Waals surface area (Å²) < 4.78 is 29.4. The number of aromatic nitrogens is 2. The van der Waals surface area contributed by atoms with Gasteiger partial charge >= 0.3 is 0 Å². The van der Waals surface area contributed by atoms with E-state index in [0.717, 1.165) is 29.4 Å². The fourth-order valence-electron chi connectivity index (χ4n) is 3.16. The van der Waals surface area contributed by atoms with Crippen LogP contribution in [0.15, 0.2) is 48.7 Å². The number of anilines is 1. The van der Waals surface area contributed by atoms with Crippen molar-refractivity contribution >= 4 is 11.7 Å². The number of rotatable bonds is 2. The van der Waals surface area contributed by atoms with Crippen molar-refractivity contribution in [3.05, 3.63) is 77.0 Å². The second-order valence-corrected chi connectivity index (χ2v) is 6.17. The lowest BCUT2D eigenvalue weighted by molar-refractivity contribution is -0.116. The number of halogens is 2. The first kappa shape index (κ1) is 15.5. The Morgan fingerprint density at radius 3 is 2.64 bits per heavy atom. The van der Waals surface area contributed by atoms with E-state index >= 15 is 0 Å². The van der Waals surface area contributed by atoms with E-state index in [-0.39, 0.29) is 17.9 Å². The fourth-order valence-corrected chi connectivity index (χ4v) is 3.16. The number of carbonyl (C=O) groups excluding carboxylic acids is 1. The van der Waals surface area contributed by atoms with Gasteiger partial charge in [0.2, 0.25) is 5.91 Å². The molecule has 0 bridgehead atoms. The number of amides is 1. The second-order valence-electron chi connectivity index (χ2n) is 6.17. The summed E-state index contributed by atoms with van der Waals surface area (Å²) in [5, 5.41) is 7.15. The summed E-state index contributed by atoms with van der Waals surface area (Å²) >= 11 is 0. The van der Waals surface area contributed by atoms with Gasteiger partial charge in [0.15, 0.2) is 0 Å². The molecule has 25 heavy (non-hydrogen) atoms. The van der Waals surface area contributed by atoms with Gasteiger partial charge in [-0.25, -0.2) is 13.5 Å². The molecule has 1 amide bonds. The van der Waals surface area contributed by atoms with E-state index in [1.54, 1.807) is 10.9 Å². The normalized spacial score (nSPS) is 16.4. The van der Waals surface area contributed by atoms with Crippen LogP contribution < -0.4 is 5.32 Å². The topological polar surface area (TPSA) is 46.9 Å². The Balaban J connectivity index is 1.84.